The lowest BCUT2D eigenvalue weighted by atomic mass is 10.0. The SMILES string of the molecule is CNC(=O)c1ccc(C(=O)NC)c([N+](=O)[O-])c1[N+](=O)[O-]. The van der Waals surface area contributed by atoms with E-state index in [4.69, 9.17) is 0 Å². The van der Waals surface area contributed by atoms with Gasteiger partial charge in [-0.05, 0) is 12.1 Å². The van der Waals surface area contributed by atoms with Crippen LogP contribution in [0.3, 0.4) is 0 Å². The van der Waals surface area contributed by atoms with Crippen LogP contribution in [-0.2, 0) is 0 Å². The van der Waals surface area contributed by atoms with Crippen molar-refractivity contribution in [3.63, 3.8) is 0 Å². The predicted octanol–water partition coefficient (Wildman–Crippen LogP) is 0.222. The first kappa shape index (κ1) is 15.0. The van der Waals surface area contributed by atoms with E-state index in [9.17, 15) is 29.8 Å². The maximum Gasteiger partial charge on any atom is 0.359 e. The molecule has 2 N–H and O–H groups in total. The first-order valence-electron chi connectivity index (χ1n) is 5.25. The third kappa shape index (κ3) is 2.53. The van der Waals surface area contributed by atoms with Crippen LogP contribution in [0.5, 0.6) is 0 Å². The van der Waals surface area contributed by atoms with Crippen LogP contribution in [0.25, 0.3) is 0 Å². The second-order valence-electron chi connectivity index (χ2n) is 3.53. The monoisotopic (exact) mass is 282 g/mol. The fraction of sp³-hybridized carbons (Fsp3) is 0.200. The maximum absolute atomic E-state index is 11.5. The highest BCUT2D eigenvalue weighted by Crippen LogP contribution is 2.34. The molecule has 0 unspecified atom stereocenters. The number of hydrogen-bond acceptors (Lipinski definition) is 6. The van der Waals surface area contributed by atoms with Crippen LogP contribution in [0.4, 0.5) is 11.4 Å². The van der Waals surface area contributed by atoms with Crippen molar-refractivity contribution in [2.75, 3.05) is 14.1 Å². The topological polar surface area (TPSA) is 144 Å². The summed E-state index contributed by atoms with van der Waals surface area (Å²) in [5, 5.41) is 26.3. The van der Waals surface area contributed by atoms with Crippen LogP contribution < -0.4 is 10.6 Å². The van der Waals surface area contributed by atoms with Gasteiger partial charge in [-0.25, -0.2) is 0 Å². The van der Waals surface area contributed by atoms with Gasteiger partial charge in [-0.1, -0.05) is 0 Å². The van der Waals surface area contributed by atoms with Gasteiger partial charge in [0.25, 0.3) is 11.8 Å². The minimum atomic E-state index is -1.06. The summed E-state index contributed by atoms with van der Waals surface area (Å²) in [4.78, 5) is 43.0. The average molecular weight is 282 g/mol. The molecule has 0 saturated carbocycles. The molecule has 0 fully saturated rings. The number of benzene rings is 1. The molecule has 0 saturated heterocycles. The number of nitro groups is 2. The van der Waals surface area contributed by atoms with Gasteiger partial charge in [0.1, 0.15) is 11.1 Å². The minimum Gasteiger partial charge on any atom is -0.355 e. The van der Waals surface area contributed by atoms with Gasteiger partial charge in [-0.15, -0.1) is 0 Å². The Labute approximate surface area is 112 Å². The van der Waals surface area contributed by atoms with Crippen molar-refractivity contribution < 1.29 is 19.4 Å². The summed E-state index contributed by atoms with van der Waals surface area (Å²) >= 11 is 0. The van der Waals surface area contributed by atoms with Gasteiger partial charge < -0.3 is 10.6 Å². The van der Waals surface area contributed by atoms with E-state index in [0.717, 1.165) is 12.1 Å². The molecule has 0 spiro atoms. The zero-order valence-electron chi connectivity index (χ0n) is 10.5. The molecule has 20 heavy (non-hydrogen) atoms. The van der Waals surface area contributed by atoms with Crippen LogP contribution in [-0.4, -0.2) is 35.8 Å². The van der Waals surface area contributed by atoms with E-state index < -0.39 is 44.2 Å². The Bertz CT molecular complexity index is 559. The van der Waals surface area contributed by atoms with Gasteiger partial charge in [-0.2, -0.15) is 0 Å². The highest BCUT2D eigenvalue weighted by molar-refractivity contribution is 6.05. The zero-order valence-corrected chi connectivity index (χ0v) is 10.5. The van der Waals surface area contributed by atoms with E-state index in [1.54, 1.807) is 0 Å². The predicted molar refractivity (Wildman–Crippen MR) is 66.5 cm³/mol. The van der Waals surface area contributed by atoms with Crippen LogP contribution in [0.15, 0.2) is 12.1 Å². The fourth-order valence-electron chi connectivity index (χ4n) is 1.59. The van der Waals surface area contributed by atoms with E-state index in [-0.39, 0.29) is 0 Å². The number of nitrogens with zero attached hydrogens (tertiary/aromatic N) is 2. The lowest BCUT2D eigenvalue weighted by molar-refractivity contribution is -0.422. The smallest absolute Gasteiger partial charge is 0.355 e. The first-order valence-corrected chi connectivity index (χ1v) is 5.25. The second kappa shape index (κ2) is 5.73. The Balaban J connectivity index is 3.76. The van der Waals surface area contributed by atoms with Crippen molar-refractivity contribution in [1.82, 2.24) is 10.6 Å². The molecule has 0 bridgehead atoms. The van der Waals surface area contributed by atoms with E-state index in [2.05, 4.69) is 10.6 Å². The van der Waals surface area contributed by atoms with Crippen molar-refractivity contribution >= 4 is 23.2 Å². The molecule has 0 radical (unpaired) electrons. The normalized spacial score (nSPS) is 9.70. The quantitative estimate of drug-likeness (QED) is 0.597. The molecule has 0 aliphatic heterocycles. The molecule has 10 nitrogen and oxygen atoms in total. The lowest BCUT2D eigenvalue weighted by Crippen LogP contribution is -2.23. The van der Waals surface area contributed by atoms with E-state index in [0.29, 0.717) is 0 Å². The number of nitro benzene ring substituents is 2. The van der Waals surface area contributed by atoms with Gasteiger partial charge in [-0.3, -0.25) is 29.8 Å². The highest BCUT2D eigenvalue weighted by Gasteiger charge is 2.36. The molecular weight excluding hydrogens is 272 g/mol. The number of amides is 2. The Kier molecular flexibility index (Phi) is 4.31. The minimum absolute atomic E-state index is 0.489. The van der Waals surface area contributed by atoms with Gasteiger partial charge in [0.05, 0.1) is 9.85 Å². The summed E-state index contributed by atoms with van der Waals surface area (Å²) in [7, 11) is 2.45. The number of nitrogens with one attached hydrogen (secondary N) is 2. The summed E-state index contributed by atoms with van der Waals surface area (Å²) in [6.07, 6.45) is 0. The van der Waals surface area contributed by atoms with Crippen LogP contribution in [0.1, 0.15) is 20.7 Å². The standard InChI is InChI=1S/C10H10N4O6/c1-11-9(15)5-3-4-6(10(16)12-2)8(14(19)20)7(5)13(17)18/h3-4H,1-2H3,(H,11,15)(H,12,16). The van der Waals surface area contributed by atoms with Crippen molar-refractivity contribution in [3.8, 4) is 0 Å². The Hall–Kier alpha value is -3.04. The molecule has 0 heterocycles. The van der Waals surface area contributed by atoms with Gasteiger partial charge >= 0.3 is 11.4 Å². The third-order valence-corrected chi connectivity index (χ3v) is 2.46. The summed E-state index contributed by atoms with van der Waals surface area (Å²) < 4.78 is 0. The zero-order chi connectivity index (χ0) is 15.4. The highest BCUT2D eigenvalue weighted by atomic mass is 16.6. The molecule has 2 amide bonds. The van der Waals surface area contributed by atoms with Crippen molar-refractivity contribution in [1.29, 1.82) is 0 Å². The molecule has 0 aliphatic carbocycles. The molecule has 1 aromatic rings. The maximum atomic E-state index is 11.5. The van der Waals surface area contributed by atoms with Crippen molar-refractivity contribution in [2.24, 2.45) is 0 Å². The molecule has 0 atom stereocenters. The molecule has 10 heteroatoms. The number of carbonyl (C=O) groups excluding carboxylic acids is 2. The molecular formula is C10H10N4O6. The first-order chi connectivity index (χ1) is 9.34. The number of carbonyl (C=O) groups is 2. The van der Waals surface area contributed by atoms with Crippen molar-refractivity contribution in [2.45, 2.75) is 0 Å². The number of hydrogen-bond donors (Lipinski definition) is 2. The largest absolute Gasteiger partial charge is 0.359 e. The van der Waals surface area contributed by atoms with Crippen LogP contribution in [0, 0.1) is 20.2 Å². The summed E-state index contributed by atoms with van der Waals surface area (Å²) in [6.45, 7) is 0. The fourth-order valence-corrected chi connectivity index (χ4v) is 1.59. The summed E-state index contributed by atoms with van der Waals surface area (Å²) in [5.74, 6) is -1.72. The molecule has 0 aromatic heterocycles. The Morgan fingerprint density at radius 1 is 0.900 bits per heavy atom. The molecule has 1 rings (SSSR count). The van der Waals surface area contributed by atoms with Gasteiger partial charge in [0, 0.05) is 14.1 Å². The summed E-state index contributed by atoms with van der Waals surface area (Å²) in [6, 6.07) is 1.99. The molecule has 0 aliphatic rings. The average Bonchev–Trinajstić information content (AvgIpc) is 2.43. The van der Waals surface area contributed by atoms with E-state index in [1.807, 2.05) is 0 Å². The van der Waals surface area contributed by atoms with Crippen LogP contribution >= 0.6 is 0 Å². The van der Waals surface area contributed by atoms with Gasteiger partial charge in [0.2, 0.25) is 0 Å². The Morgan fingerprint density at radius 3 is 1.40 bits per heavy atom. The van der Waals surface area contributed by atoms with E-state index >= 15 is 0 Å². The Morgan fingerprint density at radius 2 is 1.20 bits per heavy atom. The molecule has 106 valence electrons. The second-order valence-corrected chi connectivity index (χ2v) is 3.53. The van der Waals surface area contributed by atoms with Crippen molar-refractivity contribution in [3.05, 3.63) is 43.5 Å². The lowest BCUT2D eigenvalue weighted by Gasteiger charge is -2.06. The van der Waals surface area contributed by atoms with E-state index in [1.165, 1.54) is 14.1 Å². The van der Waals surface area contributed by atoms with Gasteiger partial charge in [0.15, 0.2) is 0 Å². The summed E-state index contributed by atoms with van der Waals surface area (Å²) in [5.41, 5.74) is -3.01. The third-order valence-electron chi connectivity index (χ3n) is 2.46. The molecule has 1 aromatic carbocycles. The number of rotatable bonds is 4. The van der Waals surface area contributed by atoms with Crippen LogP contribution in [0.2, 0.25) is 0 Å².